The lowest BCUT2D eigenvalue weighted by Gasteiger charge is -2.40. The number of H-pyrrole nitrogens is 1. The molecule has 1 fully saturated rings. The van der Waals surface area contributed by atoms with Crippen LogP contribution >= 0.6 is 0 Å². The Hall–Kier alpha value is -2.42. The number of likely N-dealkylation sites (tertiary alicyclic amines) is 1. The number of piperidine rings is 1. The molecule has 0 radical (unpaired) electrons. The molecule has 3 heterocycles. The fourth-order valence-corrected chi connectivity index (χ4v) is 2.91. The maximum Gasteiger partial charge on any atom is 0.258 e. The van der Waals surface area contributed by atoms with Crippen LogP contribution in [0.4, 0.5) is 19.0 Å². The number of carbonyl (C=O) groups excluding carboxylic acids is 1. The molecule has 1 aliphatic rings. The third kappa shape index (κ3) is 3.81. The molecule has 2 atom stereocenters. The van der Waals surface area contributed by atoms with Gasteiger partial charge in [-0.05, 0) is 25.1 Å². The van der Waals surface area contributed by atoms with E-state index >= 15 is 0 Å². The lowest BCUT2D eigenvalue weighted by atomic mass is 9.90. The topological polar surface area (TPSA) is 73.9 Å². The minimum atomic E-state index is -2.86. The molecule has 0 bridgehead atoms. The van der Waals surface area contributed by atoms with Gasteiger partial charge in [-0.25, -0.2) is 18.2 Å². The minimum absolute atomic E-state index is 0.0284. The second-order valence-corrected chi connectivity index (χ2v) is 6.10. The molecule has 25 heavy (non-hydrogen) atoms. The number of rotatable bonds is 4. The first-order chi connectivity index (χ1) is 11.9. The molecule has 0 saturated carbocycles. The summed E-state index contributed by atoms with van der Waals surface area (Å²) in [5, 5.41) is 8.90. The Morgan fingerprint density at radius 3 is 2.88 bits per heavy atom. The van der Waals surface area contributed by atoms with Crippen molar-refractivity contribution in [1.29, 1.82) is 0 Å². The van der Waals surface area contributed by atoms with Crippen LogP contribution in [-0.2, 0) is 4.79 Å². The molecule has 2 aromatic heterocycles. The third-order valence-corrected chi connectivity index (χ3v) is 4.46. The van der Waals surface area contributed by atoms with Gasteiger partial charge < -0.3 is 5.32 Å². The van der Waals surface area contributed by atoms with E-state index in [0.29, 0.717) is 5.69 Å². The summed E-state index contributed by atoms with van der Waals surface area (Å²) in [5.74, 6) is -4.59. The molecule has 1 saturated heterocycles. The number of alkyl halides is 2. The van der Waals surface area contributed by atoms with Crippen molar-refractivity contribution >= 4 is 11.7 Å². The summed E-state index contributed by atoms with van der Waals surface area (Å²) in [5.41, 5.74) is 0.350. The van der Waals surface area contributed by atoms with E-state index in [1.54, 1.807) is 11.8 Å². The van der Waals surface area contributed by atoms with Gasteiger partial charge in [-0.1, -0.05) is 0 Å². The number of aromatic amines is 1. The highest BCUT2D eigenvalue weighted by molar-refractivity contribution is 5.93. The van der Waals surface area contributed by atoms with Crippen LogP contribution in [0.5, 0.6) is 0 Å². The van der Waals surface area contributed by atoms with E-state index in [1.165, 1.54) is 24.4 Å². The average Bonchev–Trinajstić information content (AvgIpc) is 3.10. The van der Waals surface area contributed by atoms with Crippen LogP contribution in [0.2, 0.25) is 0 Å². The second-order valence-electron chi connectivity index (χ2n) is 6.10. The van der Waals surface area contributed by atoms with E-state index in [2.05, 4.69) is 20.5 Å². The Kier molecular flexibility index (Phi) is 4.76. The first-order valence-electron chi connectivity index (χ1n) is 7.90. The number of pyridine rings is 1. The maximum atomic E-state index is 14.2. The molecule has 2 aromatic rings. The van der Waals surface area contributed by atoms with Crippen molar-refractivity contribution in [3.8, 4) is 0 Å². The molecule has 0 spiro atoms. The summed E-state index contributed by atoms with van der Waals surface area (Å²) >= 11 is 0. The SMILES string of the molecule is C[C@@H](C(=O)Nc1ccc(F)cn1)N1CCC(F)(F)[C@H](c2ccn[nH]2)C1. The van der Waals surface area contributed by atoms with Crippen LogP contribution in [0.15, 0.2) is 30.6 Å². The normalized spacial score (nSPS) is 21.7. The lowest BCUT2D eigenvalue weighted by molar-refractivity contribution is -0.125. The number of carbonyl (C=O) groups is 1. The number of nitrogens with zero attached hydrogens (tertiary/aromatic N) is 3. The van der Waals surface area contributed by atoms with Gasteiger partial charge >= 0.3 is 0 Å². The van der Waals surface area contributed by atoms with Crippen LogP contribution < -0.4 is 5.32 Å². The van der Waals surface area contributed by atoms with Crippen molar-refractivity contribution in [2.24, 2.45) is 0 Å². The first-order valence-corrected chi connectivity index (χ1v) is 7.90. The first kappa shape index (κ1) is 17.4. The summed E-state index contributed by atoms with van der Waals surface area (Å²) in [6.45, 7) is 1.77. The molecule has 0 aromatic carbocycles. The van der Waals surface area contributed by atoms with Crippen molar-refractivity contribution in [1.82, 2.24) is 20.1 Å². The highest BCUT2D eigenvalue weighted by Crippen LogP contribution is 2.40. The monoisotopic (exact) mass is 353 g/mol. The fraction of sp³-hybridized carbons (Fsp3) is 0.438. The smallest absolute Gasteiger partial charge is 0.258 e. The number of hydrogen-bond acceptors (Lipinski definition) is 4. The molecular formula is C16H18F3N5O. The average molecular weight is 353 g/mol. The van der Waals surface area contributed by atoms with E-state index in [-0.39, 0.29) is 31.2 Å². The Balaban J connectivity index is 1.68. The molecule has 0 aliphatic carbocycles. The van der Waals surface area contributed by atoms with Gasteiger partial charge in [-0.3, -0.25) is 14.8 Å². The molecule has 6 nitrogen and oxygen atoms in total. The zero-order valence-electron chi connectivity index (χ0n) is 13.5. The Morgan fingerprint density at radius 2 is 2.24 bits per heavy atom. The summed E-state index contributed by atoms with van der Waals surface area (Å²) < 4.78 is 41.3. The van der Waals surface area contributed by atoms with Crippen LogP contribution in [0.3, 0.4) is 0 Å². The van der Waals surface area contributed by atoms with Gasteiger partial charge in [0.15, 0.2) is 0 Å². The van der Waals surface area contributed by atoms with Gasteiger partial charge in [-0.15, -0.1) is 0 Å². The predicted octanol–water partition coefficient (Wildman–Crippen LogP) is 2.40. The molecule has 3 rings (SSSR count). The van der Waals surface area contributed by atoms with Crippen molar-refractivity contribution < 1.29 is 18.0 Å². The van der Waals surface area contributed by atoms with Gasteiger partial charge in [0.25, 0.3) is 5.92 Å². The van der Waals surface area contributed by atoms with Crippen LogP contribution in [-0.4, -0.2) is 51.0 Å². The highest BCUT2D eigenvalue weighted by Gasteiger charge is 2.47. The second kappa shape index (κ2) is 6.83. The van der Waals surface area contributed by atoms with E-state index in [4.69, 9.17) is 0 Å². The predicted molar refractivity (Wildman–Crippen MR) is 84.8 cm³/mol. The van der Waals surface area contributed by atoms with E-state index in [1.807, 2.05) is 0 Å². The number of amides is 1. The standard InChI is InChI=1S/C16H18F3N5O/c1-10(15(25)22-14-3-2-11(17)8-20-14)24-7-5-16(18,19)12(9-24)13-4-6-21-23-13/h2-4,6,8,10,12H,5,7,9H2,1H3,(H,21,23)(H,20,22,25)/t10-,12-/m0/s1. The number of aromatic nitrogens is 3. The maximum absolute atomic E-state index is 14.2. The van der Waals surface area contributed by atoms with Gasteiger partial charge in [0, 0.05) is 31.4 Å². The van der Waals surface area contributed by atoms with E-state index in [9.17, 15) is 18.0 Å². The van der Waals surface area contributed by atoms with Crippen molar-refractivity contribution in [2.75, 3.05) is 18.4 Å². The largest absolute Gasteiger partial charge is 0.309 e. The molecule has 0 unspecified atom stereocenters. The Morgan fingerprint density at radius 1 is 1.44 bits per heavy atom. The zero-order valence-corrected chi connectivity index (χ0v) is 13.5. The number of hydrogen-bond donors (Lipinski definition) is 2. The van der Waals surface area contributed by atoms with Crippen LogP contribution in [0.1, 0.15) is 25.0 Å². The summed E-state index contributed by atoms with van der Waals surface area (Å²) in [4.78, 5) is 17.8. The minimum Gasteiger partial charge on any atom is -0.309 e. The van der Waals surface area contributed by atoms with Crippen molar-refractivity contribution in [3.05, 3.63) is 42.1 Å². The number of halogens is 3. The summed E-state index contributed by atoms with van der Waals surface area (Å²) in [6.07, 6.45) is 2.08. The van der Waals surface area contributed by atoms with Crippen LogP contribution in [0, 0.1) is 5.82 Å². The van der Waals surface area contributed by atoms with E-state index in [0.717, 1.165) is 6.20 Å². The molecule has 1 aliphatic heterocycles. The summed E-state index contributed by atoms with van der Waals surface area (Å²) in [7, 11) is 0. The lowest BCUT2D eigenvalue weighted by Crippen LogP contribution is -2.52. The summed E-state index contributed by atoms with van der Waals surface area (Å²) in [6, 6.07) is 3.42. The molecule has 9 heteroatoms. The van der Waals surface area contributed by atoms with E-state index < -0.39 is 23.7 Å². The highest BCUT2D eigenvalue weighted by atomic mass is 19.3. The Bertz CT molecular complexity index is 720. The van der Waals surface area contributed by atoms with Gasteiger partial charge in [-0.2, -0.15) is 5.10 Å². The molecule has 2 N–H and O–H groups in total. The van der Waals surface area contributed by atoms with Gasteiger partial charge in [0.1, 0.15) is 11.6 Å². The quantitative estimate of drug-likeness (QED) is 0.885. The number of anilines is 1. The molecular weight excluding hydrogens is 335 g/mol. The molecule has 134 valence electrons. The van der Waals surface area contributed by atoms with Gasteiger partial charge in [0.05, 0.1) is 18.2 Å². The van der Waals surface area contributed by atoms with Gasteiger partial charge in [0.2, 0.25) is 5.91 Å². The van der Waals surface area contributed by atoms with Crippen LogP contribution in [0.25, 0.3) is 0 Å². The molecule has 1 amide bonds. The van der Waals surface area contributed by atoms with Crippen molar-refractivity contribution in [3.63, 3.8) is 0 Å². The fourth-order valence-electron chi connectivity index (χ4n) is 2.91. The van der Waals surface area contributed by atoms with Crippen molar-refractivity contribution in [2.45, 2.75) is 31.2 Å². The zero-order chi connectivity index (χ0) is 18.0. The Labute approximate surface area is 142 Å². The number of nitrogens with one attached hydrogen (secondary N) is 2. The third-order valence-electron chi connectivity index (χ3n) is 4.46.